The Morgan fingerprint density at radius 3 is 1.12 bits per heavy atom. The fraction of sp³-hybridized carbons (Fsp3) is 0.941. The van der Waals surface area contributed by atoms with Gasteiger partial charge in [-0.1, -0.05) is 77.0 Å². The van der Waals surface area contributed by atoms with Crippen LogP contribution in [0, 0.1) is 5.41 Å². The Labute approximate surface area is 244 Å². The molecule has 0 atom stereocenters. The summed E-state index contributed by atoms with van der Waals surface area (Å²) < 4.78 is 0. The van der Waals surface area contributed by atoms with E-state index in [0.29, 0.717) is 49.9 Å². The highest BCUT2D eigenvalue weighted by Gasteiger charge is 2.41. The molecule has 4 saturated carbocycles. The molecule has 0 aliphatic heterocycles. The standard InChI is InChI=1S/C34H60N2O4/c37-32(38)22-13-23-34(33(39)40,24-26-35(28-14-5-1-6-15-28)29-16-7-2-8-17-29)25-27-36(30-18-9-3-10-19-30)31-20-11-4-12-21-31/h28-31H,1-27H2,(H,37,38)(H,39,40). The molecule has 6 heteroatoms. The molecular formula is C34H60N2O4. The molecule has 0 aromatic heterocycles. The van der Waals surface area contributed by atoms with Gasteiger partial charge in [0.15, 0.2) is 0 Å². The van der Waals surface area contributed by atoms with Crippen molar-refractivity contribution < 1.29 is 19.8 Å². The Kier molecular flexibility index (Phi) is 13.1. The van der Waals surface area contributed by atoms with Crippen LogP contribution in [0.25, 0.3) is 0 Å². The van der Waals surface area contributed by atoms with Gasteiger partial charge in [-0.25, -0.2) is 0 Å². The van der Waals surface area contributed by atoms with Crippen molar-refractivity contribution in [1.82, 2.24) is 9.80 Å². The minimum absolute atomic E-state index is 0.0684. The lowest BCUT2D eigenvalue weighted by Gasteiger charge is -2.45. The predicted octanol–water partition coefficient (Wildman–Crippen LogP) is 8.03. The summed E-state index contributed by atoms with van der Waals surface area (Å²) in [5, 5.41) is 20.3. The molecular weight excluding hydrogens is 500 g/mol. The third kappa shape index (κ3) is 9.18. The number of carboxylic acid groups (broad SMARTS) is 2. The third-order valence-corrected chi connectivity index (χ3v) is 11.4. The second kappa shape index (κ2) is 16.5. The van der Waals surface area contributed by atoms with Gasteiger partial charge >= 0.3 is 11.9 Å². The van der Waals surface area contributed by atoms with E-state index < -0.39 is 17.4 Å². The molecule has 4 fully saturated rings. The monoisotopic (exact) mass is 560 g/mol. The van der Waals surface area contributed by atoms with Crippen molar-refractivity contribution in [2.75, 3.05) is 13.1 Å². The Balaban J connectivity index is 1.51. The molecule has 230 valence electrons. The van der Waals surface area contributed by atoms with Crippen LogP contribution in [0.2, 0.25) is 0 Å². The molecule has 4 aliphatic rings. The molecule has 6 nitrogen and oxygen atoms in total. The van der Waals surface area contributed by atoms with Crippen LogP contribution < -0.4 is 0 Å². The van der Waals surface area contributed by atoms with Crippen molar-refractivity contribution >= 4 is 11.9 Å². The molecule has 4 rings (SSSR count). The first kappa shape index (κ1) is 31.8. The number of hydrogen-bond donors (Lipinski definition) is 2. The summed E-state index contributed by atoms with van der Waals surface area (Å²) in [6.45, 7) is 1.73. The van der Waals surface area contributed by atoms with Gasteiger partial charge in [-0.05, 0) is 90.1 Å². The van der Waals surface area contributed by atoms with Crippen LogP contribution in [0.15, 0.2) is 0 Å². The van der Waals surface area contributed by atoms with Crippen LogP contribution in [0.5, 0.6) is 0 Å². The van der Waals surface area contributed by atoms with Crippen LogP contribution in [-0.2, 0) is 9.59 Å². The first-order valence-corrected chi connectivity index (χ1v) is 17.5. The van der Waals surface area contributed by atoms with E-state index in [1.807, 2.05) is 0 Å². The first-order valence-electron chi connectivity index (χ1n) is 17.5. The first-order chi connectivity index (χ1) is 19.5. The third-order valence-electron chi connectivity index (χ3n) is 11.4. The number of hydrogen-bond acceptors (Lipinski definition) is 4. The molecule has 0 spiro atoms. The zero-order valence-corrected chi connectivity index (χ0v) is 25.5. The molecule has 0 saturated heterocycles. The van der Waals surface area contributed by atoms with Crippen LogP contribution in [0.4, 0.5) is 0 Å². The lowest BCUT2D eigenvalue weighted by atomic mass is 9.75. The smallest absolute Gasteiger partial charge is 0.309 e. The summed E-state index contributed by atoms with van der Waals surface area (Å²) in [4.78, 5) is 30.2. The van der Waals surface area contributed by atoms with E-state index in [4.69, 9.17) is 0 Å². The number of carbonyl (C=O) groups is 2. The zero-order valence-electron chi connectivity index (χ0n) is 25.5. The van der Waals surface area contributed by atoms with Gasteiger partial charge in [-0.15, -0.1) is 0 Å². The van der Waals surface area contributed by atoms with Gasteiger partial charge in [0.25, 0.3) is 0 Å². The molecule has 4 aliphatic carbocycles. The number of rotatable bonds is 15. The minimum atomic E-state index is -0.835. The summed E-state index contributed by atoms with van der Waals surface area (Å²) in [5.41, 5.74) is -0.835. The fourth-order valence-electron chi connectivity index (χ4n) is 8.94. The van der Waals surface area contributed by atoms with Crippen LogP contribution in [0.3, 0.4) is 0 Å². The van der Waals surface area contributed by atoms with Crippen molar-refractivity contribution in [1.29, 1.82) is 0 Å². The van der Waals surface area contributed by atoms with E-state index in [0.717, 1.165) is 13.1 Å². The second-order valence-corrected chi connectivity index (χ2v) is 14.0. The minimum Gasteiger partial charge on any atom is -0.481 e. The Morgan fingerprint density at radius 1 is 0.525 bits per heavy atom. The van der Waals surface area contributed by atoms with E-state index in [2.05, 4.69) is 9.80 Å². The van der Waals surface area contributed by atoms with Crippen LogP contribution >= 0.6 is 0 Å². The Bertz CT molecular complexity index is 669. The number of nitrogens with zero attached hydrogens (tertiary/aromatic N) is 2. The van der Waals surface area contributed by atoms with E-state index in [1.165, 1.54) is 128 Å². The lowest BCUT2D eigenvalue weighted by Crippen LogP contribution is -2.49. The van der Waals surface area contributed by atoms with Gasteiger partial charge in [0.2, 0.25) is 0 Å². The Morgan fingerprint density at radius 2 is 0.850 bits per heavy atom. The van der Waals surface area contributed by atoms with Gasteiger partial charge in [0.05, 0.1) is 5.41 Å². The molecule has 0 radical (unpaired) electrons. The zero-order chi connectivity index (χ0) is 28.2. The molecule has 0 amide bonds. The van der Waals surface area contributed by atoms with E-state index in [1.54, 1.807) is 0 Å². The predicted molar refractivity (Wildman–Crippen MR) is 162 cm³/mol. The van der Waals surface area contributed by atoms with Gasteiger partial charge in [0.1, 0.15) is 0 Å². The number of aliphatic carboxylic acids is 2. The molecule has 0 heterocycles. The van der Waals surface area contributed by atoms with E-state index in [-0.39, 0.29) is 6.42 Å². The molecule has 0 aromatic rings. The lowest BCUT2D eigenvalue weighted by molar-refractivity contribution is -0.152. The van der Waals surface area contributed by atoms with E-state index in [9.17, 15) is 19.8 Å². The highest BCUT2D eigenvalue weighted by molar-refractivity contribution is 5.75. The summed E-state index contributed by atoms with van der Waals surface area (Å²) >= 11 is 0. The number of carboxylic acids is 2. The summed E-state index contributed by atoms with van der Waals surface area (Å²) in [6, 6.07) is 2.40. The molecule has 0 aromatic carbocycles. The Hall–Kier alpha value is -1.14. The van der Waals surface area contributed by atoms with Crippen molar-refractivity contribution in [2.45, 2.75) is 185 Å². The maximum absolute atomic E-state index is 13.2. The normalized spacial score (nSPS) is 23.1. The van der Waals surface area contributed by atoms with Gasteiger partial charge < -0.3 is 10.2 Å². The highest BCUT2D eigenvalue weighted by Crippen LogP contribution is 2.39. The van der Waals surface area contributed by atoms with Crippen molar-refractivity contribution in [3.05, 3.63) is 0 Å². The molecule has 40 heavy (non-hydrogen) atoms. The SMILES string of the molecule is O=C(O)CCCC(CCN(C1CCCCC1)C1CCCCC1)(CCN(C1CCCCC1)C1CCCCC1)C(=O)O. The maximum atomic E-state index is 13.2. The van der Waals surface area contributed by atoms with Gasteiger partial charge in [0, 0.05) is 30.6 Å². The van der Waals surface area contributed by atoms with Crippen LogP contribution in [-0.4, -0.2) is 69.2 Å². The topological polar surface area (TPSA) is 81.1 Å². The average Bonchev–Trinajstić information content (AvgIpc) is 2.99. The highest BCUT2D eigenvalue weighted by atomic mass is 16.4. The maximum Gasteiger partial charge on any atom is 0.309 e. The molecule has 0 bridgehead atoms. The summed E-state index contributed by atoms with van der Waals surface area (Å²) in [6.07, 6.45) is 28.1. The van der Waals surface area contributed by atoms with Gasteiger partial charge in [-0.2, -0.15) is 0 Å². The second-order valence-electron chi connectivity index (χ2n) is 14.0. The molecule has 0 unspecified atom stereocenters. The van der Waals surface area contributed by atoms with Crippen molar-refractivity contribution in [3.63, 3.8) is 0 Å². The molecule has 2 N–H and O–H groups in total. The largest absolute Gasteiger partial charge is 0.481 e. The van der Waals surface area contributed by atoms with E-state index >= 15 is 0 Å². The summed E-state index contributed by atoms with van der Waals surface area (Å²) in [5.74, 6) is -1.49. The quantitative estimate of drug-likeness (QED) is 0.211. The average molecular weight is 561 g/mol. The van der Waals surface area contributed by atoms with Gasteiger partial charge in [-0.3, -0.25) is 19.4 Å². The summed E-state index contributed by atoms with van der Waals surface area (Å²) in [7, 11) is 0. The van der Waals surface area contributed by atoms with Crippen LogP contribution in [0.1, 0.15) is 161 Å². The van der Waals surface area contributed by atoms with Crippen molar-refractivity contribution in [2.24, 2.45) is 5.41 Å². The van der Waals surface area contributed by atoms with Crippen molar-refractivity contribution in [3.8, 4) is 0 Å². The fourth-order valence-corrected chi connectivity index (χ4v) is 8.94.